The van der Waals surface area contributed by atoms with Gasteiger partial charge in [-0.05, 0) is 55.4 Å². The number of hydrogen-bond acceptors (Lipinski definition) is 4. The molecule has 0 saturated carbocycles. The fraction of sp³-hybridized carbons (Fsp3) is 0.227. The first-order valence-electron chi connectivity index (χ1n) is 9.24. The summed E-state index contributed by atoms with van der Waals surface area (Å²) in [6, 6.07) is 10.9. The van der Waals surface area contributed by atoms with Gasteiger partial charge in [-0.3, -0.25) is 14.2 Å². The molecule has 0 radical (unpaired) electrons. The molecule has 3 aromatic rings. The van der Waals surface area contributed by atoms with Crippen molar-refractivity contribution in [1.82, 2.24) is 14.9 Å². The number of aromatic amines is 1. The topological polar surface area (TPSA) is 76.1 Å². The van der Waals surface area contributed by atoms with Gasteiger partial charge in [0.2, 0.25) is 0 Å². The molecule has 0 bridgehead atoms. The number of benzene rings is 2. The number of carbonyl (C=O) groups is 1. The van der Waals surface area contributed by atoms with Gasteiger partial charge in [-0.2, -0.15) is 0 Å². The Balaban J connectivity index is 1.77. The van der Waals surface area contributed by atoms with Gasteiger partial charge in [0.15, 0.2) is 4.77 Å². The third kappa shape index (κ3) is 4.46. The second-order valence-electron chi connectivity index (χ2n) is 6.72. The summed E-state index contributed by atoms with van der Waals surface area (Å²) >= 11 is 5.25. The zero-order chi connectivity index (χ0) is 21.0. The van der Waals surface area contributed by atoms with Gasteiger partial charge in [0.25, 0.3) is 11.5 Å². The van der Waals surface area contributed by atoms with Crippen molar-refractivity contribution in [3.63, 3.8) is 0 Å². The molecule has 2 N–H and O–H groups in total. The third-order valence-electron chi connectivity index (χ3n) is 4.67. The molecule has 6 nitrogen and oxygen atoms in total. The Morgan fingerprint density at radius 2 is 2.10 bits per heavy atom. The molecule has 0 unspecified atom stereocenters. The van der Waals surface area contributed by atoms with Crippen LogP contribution in [0, 0.1) is 11.7 Å². The van der Waals surface area contributed by atoms with E-state index in [1.807, 2.05) is 19.1 Å². The van der Waals surface area contributed by atoms with Crippen LogP contribution in [0.25, 0.3) is 10.9 Å². The van der Waals surface area contributed by atoms with Crippen LogP contribution in [0.3, 0.4) is 0 Å². The minimum absolute atomic E-state index is 0.206. The van der Waals surface area contributed by atoms with Crippen molar-refractivity contribution >= 4 is 29.0 Å². The lowest BCUT2D eigenvalue weighted by atomic mass is 10.1. The van der Waals surface area contributed by atoms with Crippen LogP contribution < -0.4 is 15.6 Å². The minimum Gasteiger partial charge on any atom is -0.496 e. The first-order valence-corrected chi connectivity index (χ1v) is 9.65. The summed E-state index contributed by atoms with van der Waals surface area (Å²) in [5, 5.41) is 3.39. The van der Waals surface area contributed by atoms with Crippen molar-refractivity contribution in [3.05, 3.63) is 80.9 Å². The summed E-state index contributed by atoms with van der Waals surface area (Å²) < 4.78 is 7.10. The number of H-pyrrole nitrogens is 1. The van der Waals surface area contributed by atoms with Gasteiger partial charge in [0, 0.05) is 18.7 Å². The summed E-state index contributed by atoms with van der Waals surface area (Å²) in [4.78, 5) is 28.1. The Morgan fingerprint density at radius 3 is 2.83 bits per heavy atom. The molecule has 1 amide bonds. The number of nitrogens with zero attached hydrogens (tertiary/aromatic N) is 1. The van der Waals surface area contributed by atoms with E-state index >= 15 is 0 Å². The Labute approximate surface area is 173 Å². The SMILES string of the molecule is C=CCn1c(=S)[nH]c2cc(C(=O)NCCc3cc(C)ccc3OC)ccc2c1=O. The highest BCUT2D eigenvalue weighted by atomic mass is 32.1. The van der Waals surface area contributed by atoms with E-state index < -0.39 is 0 Å². The molecule has 0 saturated heterocycles. The van der Waals surface area contributed by atoms with Gasteiger partial charge in [0.05, 0.1) is 18.0 Å². The molecule has 7 heteroatoms. The summed E-state index contributed by atoms with van der Waals surface area (Å²) in [5.41, 5.74) is 2.97. The van der Waals surface area contributed by atoms with E-state index in [4.69, 9.17) is 17.0 Å². The maximum absolute atomic E-state index is 12.6. The zero-order valence-electron chi connectivity index (χ0n) is 16.5. The highest BCUT2D eigenvalue weighted by Gasteiger charge is 2.11. The number of carbonyl (C=O) groups excluding carboxylic acids is 1. The quantitative estimate of drug-likeness (QED) is 0.462. The Kier molecular flexibility index (Phi) is 6.29. The maximum atomic E-state index is 12.6. The van der Waals surface area contributed by atoms with Crippen molar-refractivity contribution in [3.8, 4) is 5.75 Å². The van der Waals surface area contributed by atoms with Gasteiger partial charge in [0.1, 0.15) is 5.75 Å². The molecule has 150 valence electrons. The van der Waals surface area contributed by atoms with E-state index in [2.05, 4.69) is 22.9 Å². The van der Waals surface area contributed by atoms with Crippen LogP contribution in [0.2, 0.25) is 0 Å². The Hall–Kier alpha value is -3.19. The lowest BCUT2D eigenvalue weighted by Crippen LogP contribution is -2.26. The third-order valence-corrected chi connectivity index (χ3v) is 4.99. The van der Waals surface area contributed by atoms with Crippen LogP contribution in [0.1, 0.15) is 21.5 Å². The van der Waals surface area contributed by atoms with Crippen LogP contribution in [0.15, 0.2) is 53.8 Å². The molecule has 0 fully saturated rings. The number of ether oxygens (including phenoxy) is 1. The number of nitrogens with one attached hydrogen (secondary N) is 2. The van der Waals surface area contributed by atoms with E-state index in [1.54, 1.807) is 31.4 Å². The van der Waals surface area contributed by atoms with Crippen LogP contribution in [-0.2, 0) is 13.0 Å². The lowest BCUT2D eigenvalue weighted by molar-refractivity contribution is 0.0954. The normalized spacial score (nSPS) is 10.7. The van der Waals surface area contributed by atoms with Gasteiger partial charge in [-0.15, -0.1) is 6.58 Å². The second kappa shape index (κ2) is 8.87. The molecule has 29 heavy (non-hydrogen) atoms. The van der Waals surface area contributed by atoms with Crippen molar-refractivity contribution < 1.29 is 9.53 Å². The first-order chi connectivity index (χ1) is 13.9. The predicted octanol–water partition coefficient (Wildman–Crippen LogP) is 3.53. The number of rotatable bonds is 7. The monoisotopic (exact) mass is 409 g/mol. The van der Waals surface area contributed by atoms with Crippen molar-refractivity contribution in [2.75, 3.05) is 13.7 Å². The number of aryl methyl sites for hydroxylation is 1. The number of methoxy groups -OCH3 is 1. The predicted molar refractivity (Wildman–Crippen MR) is 117 cm³/mol. The highest BCUT2D eigenvalue weighted by molar-refractivity contribution is 7.71. The van der Waals surface area contributed by atoms with Crippen LogP contribution >= 0.6 is 12.2 Å². The van der Waals surface area contributed by atoms with Crippen molar-refractivity contribution in [2.45, 2.75) is 19.9 Å². The molecule has 1 heterocycles. The van der Waals surface area contributed by atoms with E-state index in [0.717, 1.165) is 16.9 Å². The largest absolute Gasteiger partial charge is 0.496 e. The number of hydrogen-bond donors (Lipinski definition) is 2. The van der Waals surface area contributed by atoms with E-state index in [9.17, 15) is 9.59 Å². The molecule has 0 aliphatic carbocycles. The summed E-state index contributed by atoms with van der Waals surface area (Å²) in [6.07, 6.45) is 2.26. The summed E-state index contributed by atoms with van der Waals surface area (Å²) in [7, 11) is 1.63. The summed E-state index contributed by atoms with van der Waals surface area (Å²) in [6.45, 7) is 6.45. The number of fused-ring (bicyclic) bond motifs is 1. The van der Waals surface area contributed by atoms with Gasteiger partial charge >= 0.3 is 0 Å². The van der Waals surface area contributed by atoms with Gasteiger partial charge < -0.3 is 15.0 Å². The fourth-order valence-electron chi connectivity index (χ4n) is 3.21. The molecule has 0 spiro atoms. The molecule has 0 aliphatic rings. The van der Waals surface area contributed by atoms with Gasteiger partial charge in [-0.25, -0.2) is 0 Å². The molecule has 1 aromatic heterocycles. The number of aromatic nitrogens is 2. The molecule has 2 aromatic carbocycles. The standard InChI is InChI=1S/C22H23N3O3S/c1-4-11-25-21(27)17-7-6-16(13-18(17)24-22(25)29)20(26)23-10-9-15-12-14(2)5-8-19(15)28-3/h4-8,12-13H,1,9-11H2,2-3H3,(H,23,26)(H,24,29). The van der Waals surface area contributed by atoms with Crippen molar-refractivity contribution in [1.29, 1.82) is 0 Å². The average Bonchev–Trinajstić information content (AvgIpc) is 2.70. The van der Waals surface area contributed by atoms with Crippen LogP contribution in [0.5, 0.6) is 5.75 Å². The Morgan fingerprint density at radius 1 is 1.31 bits per heavy atom. The molecular weight excluding hydrogens is 386 g/mol. The molecule has 0 atom stereocenters. The highest BCUT2D eigenvalue weighted by Crippen LogP contribution is 2.20. The van der Waals surface area contributed by atoms with Crippen molar-refractivity contribution in [2.24, 2.45) is 0 Å². The number of amides is 1. The molecular formula is C22H23N3O3S. The van der Waals surface area contributed by atoms with E-state index in [1.165, 1.54) is 4.57 Å². The average molecular weight is 410 g/mol. The van der Waals surface area contributed by atoms with Crippen LogP contribution in [0.4, 0.5) is 0 Å². The summed E-state index contributed by atoms with van der Waals surface area (Å²) in [5.74, 6) is 0.590. The number of allylic oxidation sites excluding steroid dienone is 1. The second-order valence-corrected chi connectivity index (χ2v) is 7.10. The minimum atomic E-state index is -0.215. The molecule has 3 rings (SSSR count). The lowest BCUT2D eigenvalue weighted by Gasteiger charge is -2.11. The molecule has 0 aliphatic heterocycles. The van der Waals surface area contributed by atoms with Crippen LogP contribution in [-0.4, -0.2) is 29.1 Å². The van der Waals surface area contributed by atoms with E-state index in [-0.39, 0.29) is 11.5 Å². The zero-order valence-corrected chi connectivity index (χ0v) is 17.3. The van der Waals surface area contributed by atoms with Gasteiger partial charge in [-0.1, -0.05) is 23.8 Å². The van der Waals surface area contributed by atoms with E-state index in [0.29, 0.717) is 40.7 Å². The Bertz CT molecular complexity index is 1190. The fourth-order valence-corrected chi connectivity index (χ4v) is 3.47. The first kappa shape index (κ1) is 20.5. The smallest absolute Gasteiger partial charge is 0.262 e. The maximum Gasteiger partial charge on any atom is 0.262 e.